The van der Waals surface area contributed by atoms with Gasteiger partial charge in [0, 0.05) is 0 Å². The van der Waals surface area contributed by atoms with Crippen LogP contribution in [0, 0.1) is 0 Å². The molecule has 40 valence electrons. The molecule has 0 N–H and O–H groups in total. The van der Waals surface area contributed by atoms with Crippen LogP contribution in [-0.2, 0) is 0 Å². The van der Waals surface area contributed by atoms with Crippen LogP contribution in [0.1, 0.15) is 0 Å². The normalized spacial score (nSPS) is 10.5. The van der Waals surface area contributed by atoms with Gasteiger partial charge in [-0.3, -0.25) is 9.15 Å². The zero-order chi connectivity index (χ0) is 5.40. The molecule has 0 bridgehead atoms. The van der Waals surface area contributed by atoms with Crippen molar-refractivity contribution in [3.63, 3.8) is 0 Å². The molecule has 0 aliphatic rings. The molecular formula is C3HN3O2. The number of hydrogen-bond donors (Lipinski definition) is 0. The number of aromatic nitrogens is 3. The molecule has 2 aromatic rings. The third-order valence-electron chi connectivity index (χ3n) is 0.783. The van der Waals surface area contributed by atoms with E-state index in [9.17, 15) is 0 Å². The minimum atomic E-state index is 0.403. The lowest BCUT2D eigenvalue weighted by molar-refractivity contribution is 0.0529. The molecule has 2 heterocycles. The number of fused-ring (bicyclic) bond motifs is 1. The fourth-order valence-electron chi connectivity index (χ4n) is 0.414. The first-order chi connectivity index (χ1) is 3.97. The summed E-state index contributed by atoms with van der Waals surface area (Å²) in [5.74, 6) is 0. The molecule has 0 aliphatic carbocycles. The molecule has 0 aromatic carbocycles. The molecule has 0 aliphatic heterocycles. The third kappa shape index (κ3) is 0.281. The highest BCUT2D eigenvalue weighted by molar-refractivity contribution is 5.62. The fraction of sp³-hybridized carbons (Fsp3) is 0. The summed E-state index contributed by atoms with van der Waals surface area (Å²) in [5, 5.41) is 10.2. The van der Waals surface area contributed by atoms with Gasteiger partial charge in [0.1, 0.15) is 6.20 Å². The Morgan fingerprint density at radius 1 is 1.38 bits per heavy atom. The third-order valence-corrected chi connectivity index (χ3v) is 0.783. The molecule has 0 radical (unpaired) electrons. The van der Waals surface area contributed by atoms with Crippen molar-refractivity contribution in [3.8, 4) is 0 Å². The zero-order valence-electron chi connectivity index (χ0n) is 3.74. The second-order valence-electron chi connectivity index (χ2n) is 1.27. The summed E-state index contributed by atoms with van der Waals surface area (Å²) in [5.41, 5.74) is 0.944. The molecule has 0 saturated heterocycles. The van der Waals surface area contributed by atoms with Crippen LogP contribution >= 0.6 is 0 Å². The molecule has 2 aromatic heterocycles. The van der Waals surface area contributed by atoms with E-state index < -0.39 is 0 Å². The average Bonchev–Trinajstić information content (AvgIpc) is 1.72. The topological polar surface area (TPSA) is 65.0 Å². The Bertz CT molecular complexity index is 255. The molecule has 0 atom stereocenters. The summed E-state index contributed by atoms with van der Waals surface area (Å²) in [4.78, 5) is 0. The van der Waals surface area contributed by atoms with Crippen molar-refractivity contribution in [2.45, 2.75) is 0 Å². The molecule has 0 fully saturated rings. The zero-order valence-corrected chi connectivity index (χ0v) is 3.74. The van der Waals surface area contributed by atoms with E-state index in [4.69, 9.17) is 0 Å². The number of hydrogen-bond acceptors (Lipinski definition) is 5. The first-order valence-electron chi connectivity index (χ1n) is 2.00. The van der Waals surface area contributed by atoms with Gasteiger partial charge >= 0.3 is 5.71 Å². The molecule has 0 saturated carbocycles. The van der Waals surface area contributed by atoms with Gasteiger partial charge in [-0.1, -0.05) is 5.10 Å². The van der Waals surface area contributed by atoms with Crippen molar-refractivity contribution in [2.24, 2.45) is 0 Å². The Balaban J connectivity index is 2.88. The Morgan fingerprint density at radius 2 is 2.38 bits per heavy atom. The lowest BCUT2D eigenvalue weighted by Gasteiger charge is -1.89. The summed E-state index contributed by atoms with van der Waals surface area (Å²) in [6.45, 7) is 0. The highest BCUT2D eigenvalue weighted by Crippen LogP contribution is 2.10. The maximum Gasteiger partial charge on any atom is 0.338 e. The SMILES string of the molecule is c1nnnc2ooc12. The first kappa shape index (κ1) is 3.59. The molecule has 8 heavy (non-hydrogen) atoms. The molecule has 0 amide bonds. The van der Waals surface area contributed by atoms with Gasteiger partial charge in [-0.2, -0.15) is 0 Å². The van der Waals surface area contributed by atoms with Crippen molar-refractivity contribution in [2.75, 3.05) is 0 Å². The van der Waals surface area contributed by atoms with E-state index in [1.165, 1.54) is 6.20 Å². The van der Waals surface area contributed by atoms with E-state index in [1.807, 2.05) is 0 Å². The van der Waals surface area contributed by atoms with Crippen molar-refractivity contribution < 1.29 is 9.15 Å². The molecule has 5 nitrogen and oxygen atoms in total. The second kappa shape index (κ2) is 1.06. The fourth-order valence-corrected chi connectivity index (χ4v) is 0.414. The molecule has 2 rings (SSSR count). The summed E-state index contributed by atoms with van der Waals surface area (Å²) in [6.07, 6.45) is 1.44. The molecule has 5 heteroatoms. The summed E-state index contributed by atoms with van der Waals surface area (Å²) in [6, 6.07) is 0. The highest BCUT2D eigenvalue weighted by atomic mass is 17.0. The van der Waals surface area contributed by atoms with E-state index in [0.717, 1.165) is 0 Å². The van der Waals surface area contributed by atoms with Gasteiger partial charge in [-0.05, 0) is 5.21 Å². The van der Waals surface area contributed by atoms with Gasteiger partial charge in [-0.25, -0.2) is 0 Å². The first-order valence-corrected chi connectivity index (χ1v) is 2.00. The maximum atomic E-state index is 4.41. The van der Waals surface area contributed by atoms with Crippen molar-refractivity contribution in [1.29, 1.82) is 0 Å². The molecule has 0 unspecified atom stereocenters. The van der Waals surface area contributed by atoms with E-state index in [1.54, 1.807) is 0 Å². The van der Waals surface area contributed by atoms with E-state index in [-0.39, 0.29) is 0 Å². The van der Waals surface area contributed by atoms with Gasteiger partial charge in [0.05, 0.1) is 0 Å². The van der Waals surface area contributed by atoms with Crippen molar-refractivity contribution in [3.05, 3.63) is 6.20 Å². The van der Waals surface area contributed by atoms with Crippen molar-refractivity contribution in [1.82, 2.24) is 15.4 Å². The smallest absolute Gasteiger partial charge is 0.280 e. The quantitative estimate of drug-likeness (QED) is 0.454. The van der Waals surface area contributed by atoms with Crippen LogP contribution in [0.15, 0.2) is 15.3 Å². The standard InChI is InChI=1S/C3HN3O2/c1-2-3(8-7-2)5-6-4-1/h1H. The Morgan fingerprint density at radius 3 is 2.75 bits per heavy atom. The van der Waals surface area contributed by atoms with Crippen LogP contribution in [0.2, 0.25) is 0 Å². The molecular weight excluding hydrogens is 110 g/mol. The van der Waals surface area contributed by atoms with Gasteiger partial charge < -0.3 is 0 Å². The minimum Gasteiger partial charge on any atom is -0.280 e. The highest BCUT2D eigenvalue weighted by Gasteiger charge is 2.02. The summed E-state index contributed by atoms with van der Waals surface area (Å²) < 4.78 is 8.77. The van der Waals surface area contributed by atoms with Crippen LogP contribution in [-0.4, -0.2) is 15.4 Å². The monoisotopic (exact) mass is 111 g/mol. The van der Waals surface area contributed by atoms with Gasteiger partial charge in [-0.15, -0.1) is 5.10 Å². The van der Waals surface area contributed by atoms with Crippen LogP contribution in [0.3, 0.4) is 0 Å². The number of nitrogens with zero attached hydrogens (tertiary/aromatic N) is 3. The van der Waals surface area contributed by atoms with Gasteiger partial charge in [0.15, 0.2) is 0 Å². The lowest BCUT2D eigenvalue weighted by atomic mass is 10.6. The van der Waals surface area contributed by atoms with Crippen molar-refractivity contribution >= 4 is 11.3 Å². The minimum absolute atomic E-state index is 0.403. The Kier molecular flexibility index (Phi) is 0.476. The largest absolute Gasteiger partial charge is 0.338 e. The van der Waals surface area contributed by atoms with Crippen LogP contribution in [0.4, 0.5) is 0 Å². The maximum absolute atomic E-state index is 4.41. The predicted octanol–water partition coefficient (Wildman–Crippen LogP) is 0.211. The lowest BCUT2D eigenvalue weighted by Crippen LogP contribution is -1.87. The number of rotatable bonds is 0. The predicted molar refractivity (Wildman–Crippen MR) is 21.9 cm³/mol. The summed E-state index contributed by atoms with van der Waals surface area (Å²) in [7, 11) is 0. The van der Waals surface area contributed by atoms with E-state index in [0.29, 0.717) is 11.3 Å². The Labute approximate surface area is 43.2 Å². The van der Waals surface area contributed by atoms with Crippen LogP contribution in [0.5, 0.6) is 0 Å². The average molecular weight is 111 g/mol. The van der Waals surface area contributed by atoms with Gasteiger partial charge in [0.2, 0.25) is 0 Å². The van der Waals surface area contributed by atoms with E-state index in [2.05, 4.69) is 24.6 Å². The Hall–Kier alpha value is -1.39. The van der Waals surface area contributed by atoms with Gasteiger partial charge in [0.25, 0.3) is 5.58 Å². The second-order valence-corrected chi connectivity index (χ2v) is 1.27. The summed E-state index contributed by atoms with van der Waals surface area (Å²) >= 11 is 0. The van der Waals surface area contributed by atoms with Crippen LogP contribution in [0.25, 0.3) is 11.3 Å². The van der Waals surface area contributed by atoms with Crippen LogP contribution < -0.4 is 0 Å². The molecule has 0 spiro atoms. The van der Waals surface area contributed by atoms with E-state index >= 15 is 0 Å².